The van der Waals surface area contributed by atoms with Crippen LogP contribution in [0, 0.1) is 0 Å². The van der Waals surface area contributed by atoms with Crippen molar-refractivity contribution in [1.29, 1.82) is 0 Å². The van der Waals surface area contributed by atoms with E-state index in [4.69, 9.17) is 4.74 Å². The predicted molar refractivity (Wildman–Crippen MR) is 73.9 cm³/mol. The van der Waals surface area contributed by atoms with E-state index in [1.54, 1.807) is 6.07 Å². The number of ether oxygens (including phenoxy) is 1. The van der Waals surface area contributed by atoms with Crippen LogP contribution in [0.3, 0.4) is 0 Å². The van der Waals surface area contributed by atoms with E-state index in [9.17, 15) is 4.79 Å². The second kappa shape index (κ2) is 4.93. The fourth-order valence-electron chi connectivity index (χ4n) is 2.18. The van der Waals surface area contributed by atoms with Gasteiger partial charge in [0.15, 0.2) is 5.65 Å². The zero-order valence-electron chi connectivity index (χ0n) is 10.4. The molecule has 0 saturated carbocycles. The highest BCUT2D eigenvalue weighted by Gasteiger charge is 2.26. The summed E-state index contributed by atoms with van der Waals surface area (Å²) in [6.45, 7) is 3.47. The number of aromatic amines is 1. The number of nitrogens with one attached hydrogen (secondary N) is 1. The van der Waals surface area contributed by atoms with Crippen molar-refractivity contribution in [2.75, 3.05) is 23.4 Å². The standard InChI is InChI=1S/C11H14BrN5O2/c1-7-6-19-8(4-12)5-16(7)10-3-2-9-13-14-11(18)17(9)15-10/h2-3,7-8H,4-6H2,1H3,(H,14,18). The van der Waals surface area contributed by atoms with Crippen molar-refractivity contribution in [1.82, 2.24) is 19.8 Å². The number of H-pyrrole nitrogens is 1. The van der Waals surface area contributed by atoms with Crippen molar-refractivity contribution >= 4 is 27.4 Å². The Labute approximate surface area is 117 Å². The predicted octanol–water partition coefficient (Wildman–Crippen LogP) is 0.406. The molecule has 1 aliphatic rings. The van der Waals surface area contributed by atoms with Crippen LogP contribution in [0.5, 0.6) is 0 Å². The summed E-state index contributed by atoms with van der Waals surface area (Å²) >= 11 is 3.43. The molecular formula is C11H14BrN5O2. The fourth-order valence-corrected chi connectivity index (χ4v) is 2.57. The number of anilines is 1. The van der Waals surface area contributed by atoms with Crippen LogP contribution in [0.2, 0.25) is 0 Å². The minimum atomic E-state index is -0.324. The SMILES string of the molecule is CC1COC(CBr)CN1c1ccc2n[nH]c(=O)n2n1. The van der Waals surface area contributed by atoms with E-state index in [1.165, 1.54) is 4.52 Å². The van der Waals surface area contributed by atoms with E-state index >= 15 is 0 Å². The number of hydrogen-bond donors (Lipinski definition) is 1. The van der Waals surface area contributed by atoms with E-state index < -0.39 is 0 Å². The van der Waals surface area contributed by atoms with Crippen molar-refractivity contribution in [3.63, 3.8) is 0 Å². The Bertz CT molecular complexity index is 639. The third-order valence-corrected chi connectivity index (χ3v) is 3.95. The lowest BCUT2D eigenvalue weighted by Gasteiger charge is -2.38. The zero-order chi connectivity index (χ0) is 13.4. The van der Waals surface area contributed by atoms with E-state index in [0.717, 1.165) is 17.7 Å². The molecule has 8 heteroatoms. The van der Waals surface area contributed by atoms with Gasteiger partial charge in [0, 0.05) is 11.9 Å². The second-order valence-electron chi connectivity index (χ2n) is 4.60. The Morgan fingerprint density at radius 2 is 2.42 bits per heavy atom. The molecule has 0 radical (unpaired) electrons. The van der Waals surface area contributed by atoms with Crippen molar-refractivity contribution < 1.29 is 4.74 Å². The maximum Gasteiger partial charge on any atom is 0.364 e. The van der Waals surface area contributed by atoms with Crippen LogP contribution in [-0.2, 0) is 4.74 Å². The molecule has 0 amide bonds. The van der Waals surface area contributed by atoms with Crippen molar-refractivity contribution in [3.8, 4) is 0 Å². The quantitative estimate of drug-likeness (QED) is 0.808. The van der Waals surface area contributed by atoms with Crippen LogP contribution in [-0.4, -0.2) is 50.4 Å². The smallest absolute Gasteiger partial charge is 0.364 e. The lowest BCUT2D eigenvalue weighted by Crippen LogP contribution is -2.49. The number of morpholine rings is 1. The average molecular weight is 328 g/mol. The Hall–Kier alpha value is -1.41. The van der Waals surface area contributed by atoms with Gasteiger partial charge in [0.2, 0.25) is 0 Å². The van der Waals surface area contributed by atoms with Gasteiger partial charge in [0.1, 0.15) is 5.82 Å². The summed E-state index contributed by atoms with van der Waals surface area (Å²) in [5, 5.41) is 11.4. The van der Waals surface area contributed by atoms with E-state index in [2.05, 4.69) is 43.0 Å². The molecule has 19 heavy (non-hydrogen) atoms. The number of fused-ring (bicyclic) bond motifs is 1. The van der Waals surface area contributed by atoms with Crippen molar-refractivity contribution in [3.05, 3.63) is 22.6 Å². The van der Waals surface area contributed by atoms with E-state index in [0.29, 0.717) is 12.3 Å². The molecule has 2 atom stereocenters. The molecule has 2 aromatic heterocycles. The van der Waals surface area contributed by atoms with Crippen LogP contribution >= 0.6 is 15.9 Å². The molecule has 0 aromatic carbocycles. The molecule has 7 nitrogen and oxygen atoms in total. The molecule has 1 saturated heterocycles. The van der Waals surface area contributed by atoms with Gasteiger partial charge in [-0.2, -0.15) is 9.61 Å². The molecule has 102 valence electrons. The average Bonchev–Trinajstić information content (AvgIpc) is 2.81. The first-order valence-corrected chi connectivity index (χ1v) is 7.20. The van der Waals surface area contributed by atoms with Gasteiger partial charge in [0.05, 0.1) is 18.8 Å². The van der Waals surface area contributed by atoms with Gasteiger partial charge in [-0.25, -0.2) is 9.89 Å². The van der Waals surface area contributed by atoms with Crippen molar-refractivity contribution in [2.45, 2.75) is 19.1 Å². The number of halogens is 1. The highest BCUT2D eigenvalue weighted by atomic mass is 79.9. The third-order valence-electron chi connectivity index (χ3n) is 3.23. The first-order valence-electron chi connectivity index (χ1n) is 6.07. The summed E-state index contributed by atoms with van der Waals surface area (Å²) < 4.78 is 6.96. The van der Waals surface area contributed by atoms with Gasteiger partial charge in [-0.15, -0.1) is 5.10 Å². The maximum absolute atomic E-state index is 11.5. The highest BCUT2D eigenvalue weighted by Crippen LogP contribution is 2.20. The first kappa shape index (κ1) is 12.6. The maximum atomic E-state index is 11.5. The minimum absolute atomic E-state index is 0.134. The topological polar surface area (TPSA) is 75.5 Å². The molecule has 0 bridgehead atoms. The summed E-state index contributed by atoms with van der Waals surface area (Å²) in [7, 11) is 0. The van der Waals surface area contributed by atoms with Gasteiger partial charge in [-0.3, -0.25) is 0 Å². The Balaban J connectivity index is 1.97. The summed E-state index contributed by atoms with van der Waals surface area (Å²) in [5.74, 6) is 0.762. The van der Waals surface area contributed by atoms with Crippen LogP contribution in [0.25, 0.3) is 5.65 Å². The largest absolute Gasteiger partial charge is 0.373 e. The summed E-state index contributed by atoms with van der Waals surface area (Å²) in [5.41, 5.74) is 0.196. The highest BCUT2D eigenvalue weighted by molar-refractivity contribution is 9.09. The molecular weight excluding hydrogens is 314 g/mol. The van der Waals surface area contributed by atoms with Crippen LogP contribution in [0.4, 0.5) is 5.82 Å². The Kier molecular flexibility index (Phi) is 3.28. The molecule has 3 heterocycles. The normalized spacial score (nSPS) is 24.0. The number of hydrogen-bond acceptors (Lipinski definition) is 5. The lowest BCUT2D eigenvalue weighted by molar-refractivity contribution is 0.0375. The van der Waals surface area contributed by atoms with Crippen LogP contribution in [0.1, 0.15) is 6.92 Å². The molecule has 2 unspecified atom stereocenters. The van der Waals surface area contributed by atoms with Crippen LogP contribution < -0.4 is 10.6 Å². The molecule has 1 N–H and O–H groups in total. The Morgan fingerprint density at radius 3 is 3.21 bits per heavy atom. The number of aromatic nitrogens is 4. The summed E-state index contributed by atoms with van der Waals surface area (Å²) in [6.07, 6.45) is 0.134. The van der Waals surface area contributed by atoms with Crippen molar-refractivity contribution in [2.24, 2.45) is 0 Å². The third kappa shape index (κ3) is 2.25. The second-order valence-corrected chi connectivity index (χ2v) is 5.25. The molecule has 0 aliphatic carbocycles. The zero-order valence-corrected chi connectivity index (χ0v) is 12.0. The van der Waals surface area contributed by atoms with E-state index in [1.807, 2.05) is 6.07 Å². The summed E-state index contributed by atoms with van der Waals surface area (Å²) in [6, 6.07) is 3.89. The fraction of sp³-hybridized carbons (Fsp3) is 0.545. The molecule has 2 aromatic rings. The number of nitrogens with zero attached hydrogens (tertiary/aromatic N) is 4. The monoisotopic (exact) mass is 327 g/mol. The molecule has 1 aliphatic heterocycles. The van der Waals surface area contributed by atoms with Gasteiger partial charge < -0.3 is 9.64 Å². The Morgan fingerprint density at radius 1 is 1.58 bits per heavy atom. The number of alkyl halides is 1. The molecule has 1 fully saturated rings. The van der Waals surface area contributed by atoms with Gasteiger partial charge in [-0.1, -0.05) is 15.9 Å². The van der Waals surface area contributed by atoms with Gasteiger partial charge >= 0.3 is 5.69 Å². The van der Waals surface area contributed by atoms with Gasteiger partial charge in [-0.05, 0) is 19.1 Å². The minimum Gasteiger partial charge on any atom is -0.373 e. The van der Waals surface area contributed by atoms with E-state index in [-0.39, 0.29) is 17.8 Å². The molecule has 0 spiro atoms. The first-order chi connectivity index (χ1) is 9.19. The molecule has 3 rings (SSSR count). The van der Waals surface area contributed by atoms with Crippen LogP contribution in [0.15, 0.2) is 16.9 Å². The van der Waals surface area contributed by atoms with Gasteiger partial charge in [0.25, 0.3) is 0 Å². The summed E-state index contributed by atoms with van der Waals surface area (Å²) in [4.78, 5) is 13.7. The number of rotatable bonds is 2. The lowest BCUT2D eigenvalue weighted by atomic mass is 10.2.